The highest BCUT2D eigenvalue weighted by atomic mass is 19.1. The molecule has 0 radical (unpaired) electrons. The van der Waals surface area contributed by atoms with Gasteiger partial charge in [-0.3, -0.25) is 4.79 Å². The molecule has 0 spiro atoms. The molecule has 1 aliphatic rings. The first kappa shape index (κ1) is 21.9. The molecule has 166 valence electrons. The molecule has 5 nitrogen and oxygen atoms in total. The highest BCUT2D eigenvalue weighted by Crippen LogP contribution is 2.24. The molecule has 4 rings (SSSR count). The number of fused-ring (bicyclic) bond motifs is 1. The zero-order chi connectivity index (χ0) is 22.5. The Morgan fingerprint density at radius 2 is 1.84 bits per heavy atom. The van der Waals surface area contributed by atoms with Gasteiger partial charge >= 0.3 is 0 Å². The van der Waals surface area contributed by atoms with Crippen molar-refractivity contribution in [1.29, 1.82) is 0 Å². The van der Waals surface area contributed by atoms with Crippen molar-refractivity contribution < 1.29 is 9.18 Å². The number of hydrogen-bond donors (Lipinski definition) is 1. The van der Waals surface area contributed by atoms with Gasteiger partial charge in [0.05, 0.1) is 0 Å². The zero-order valence-electron chi connectivity index (χ0n) is 18.6. The van der Waals surface area contributed by atoms with Gasteiger partial charge in [-0.15, -0.1) is 0 Å². The number of rotatable bonds is 7. The van der Waals surface area contributed by atoms with E-state index in [1.54, 1.807) is 18.2 Å². The minimum atomic E-state index is -0.236. The lowest BCUT2D eigenvalue weighted by Crippen LogP contribution is -2.33. The maximum Gasteiger partial charge on any atom is 0.270 e. The van der Waals surface area contributed by atoms with Crippen LogP contribution in [0.3, 0.4) is 0 Å². The summed E-state index contributed by atoms with van der Waals surface area (Å²) >= 11 is 0. The van der Waals surface area contributed by atoms with Crippen molar-refractivity contribution in [2.45, 2.75) is 45.6 Å². The third-order valence-corrected chi connectivity index (χ3v) is 5.81. The van der Waals surface area contributed by atoms with Crippen molar-refractivity contribution in [2.75, 3.05) is 18.0 Å². The number of aromatic nitrogens is 2. The molecule has 0 aliphatic carbocycles. The quantitative estimate of drug-likeness (QED) is 0.552. The van der Waals surface area contributed by atoms with E-state index < -0.39 is 0 Å². The second-order valence-corrected chi connectivity index (χ2v) is 8.56. The Morgan fingerprint density at radius 3 is 2.59 bits per heavy atom. The Balaban J connectivity index is 1.43. The van der Waals surface area contributed by atoms with E-state index in [4.69, 9.17) is 4.98 Å². The van der Waals surface area contributed by atoms with Crippen molar-refractivity contribution in [2.24, 2.45) is 0 Å². The molecule has 2 heterocycles. The number of aryl methyl sites for hydroxylation is 1. The van der Waals surface area contributed by atoms with E-state index in [1.165, 1.54) is 23.3 Å². The highest BCUT2D eigenvalue weighted by molar-refractivity contribution is 5.92. The van der Waals surface area contributed by atoms with Crippen LogP contribution < -0.4 is 10.2 Å². The maximum atomic E-state index is 13.0. The van der Waals surface area contributed by atoms with Crippen LogP contribution in [-0.4, -0.2) is 29.0 Å². The normalized spacial score (nSPS) is 13.2. The molecule has 6 heteroatoms. The Labute approximate surface area is 188 Å². The SMILES string of the molecule is CC(C)c1cc(C(=O)NCCCc2ccc(F)cc2)nc(N2CCc3ccccc3C2)n1. The number of hydrogen-bond acceptors (Lipinski definition) is 4. The van der Waals surface area contributed by atoms with Crippen LogP contribution in [0.2, 0.25) is 0 Å². The summed E-state index contributed by atoms with van der Waals surface area (Å²) in [6.45, 7) is 6.25. The predicted octanol–water partition coefficient (Wildman–Crippen LogP) is 4.66. The van der Waals surface area contributed by atoms with Gasteiger partial charge in [0.1, 0.15) is 11.5 Å². The maximum absolute atomic E-state index is 13.0. The fourth-order valence-corrected chi connectivity index (χ4v) is 3.91. The highest BCUT2D eigenvalue weighted by Gasteiger charge is 2.21. The number of benzene rings is 2. The number of carbonyl (C=O) groups is 1. The molecule has 3 aromatic rings. The Bertz CT molecular complexity index is 1080. The van der Waals surface area contributed by atoms with Crippen LogP contribution in [0.15, 0.2) is 54.6 Å². The van der Waals surface area contributed by atoms with Gasteiger partial charge in [0, 0.05) is 25.3 Å². The molecule has 1 aliphatic heterocycles. The summed E-state index contributed by atoms with van der Waals surface area (Å²) in [5.74, 6) is 0.382. The van der Waals surface area contributed by atoms with E-state index in [0.29, 0.717) is 18.2 Å². The van der Waals surface area contributed by atoms with Gasteiger partial charge in [-0.25, -0.2) is 14.4 Å². The zero-order valence-corrected chi connectivity index (χ0v) is 18.6. The first-order valence-electron chi connectivity index (χ1n) is 11.2. The average molecular weight is 433 g/mol. The van der Waals surface area contributed by atoms with Crippen LogP contribution in [0.4, 0.5) is 10.3 Å². The summed E-state index contributed by atoms with van der Waals surface area (Å²) in [6.07, 6.45) is 2.49. The lowest BCUT2D eigenvalue weighted by molar-refractivity contribution is 0.0948. The summed E-state index contributed by atoms with van der Waals surface area (Å²) in [6, 6.07) is 16.7. The monoisotopic (exact) mass is 432 g/mol. The molecule has 32 heavy (non-hydrogen) atoms. The Hall–Kier alpha value is -3.28. The summed E-state index contributed by atoms with van der Waals surface area (Å²) < 4.78 is 13.0. The third kappa shape index (κ3) is 5.31. The standard InChI is InChI=1S/C26H29FN4O/c1-18(2)23-16-24(25(32)28-14-5-6-19-9-11-22(27)12-10-19)30-26(29-23)31-15-13-20-7-3-4-8-21(20)17-31/h3-4,7-12,16,18H,5-6,13-15,17H2,1-2H3,(H,28,32). The van der Waals surface area contributed by atoms with Gasteiger partial charge in [0.2, 0.25) is 5.95 Å². The molecule has 0 saturated carbocycles. The van der Waals surface area contributed by atoms with Crippen LogP contribution in [0.1, 0.15) is 59.1 Å². The molecule has 1 N–H and O–H groups in total. The molecule has 0 fully saturated rings. The number of carbonyl (C=O) groups excluding carboxylic acids is 1. The van der Waals surface area contributed by atoms with Crippen molar-refractivity contribution in [1.82, 2.24) is 15.3 Å². The molecule has 0 saturated heterocycles. The third-order valence-electron chi connectivity index (χ3n) is 5.81. The van der Waals surface area contributed by atoms with Crippen molar-refractivity contribution in [3.8, 4) is 0 Å². The van der Waals surface area contributed by atoms with Gasteiger partial charge in [-0.1, -0.05) is 50.2 Å². The van der Waals surface area contributed by atoms with Gasteiger partial charge in [0.15, 0.2) is 0 Å². The number of halogens is 1. The van der Waals surface area contributed by atoms with E-state index >= 15 is 0 Å². The van der Waals surface area contributed by atoms with Crippen molar-refractivity contribution in [3.63, 3.8) is 0 Å². The van der Waals surface area contributed by atoms with Crippen LogP contribution in [0.25, 0.3) is 0 Å². The predicted molar refractivity (Wildman–Crippen MR) is 124 cm³/mol. The number of nitrogens with zero attached hydrogens (tertiary/aromatic N) is 3. The second-order valence-electron chi connectivity index (χ2n) is 8.56. The number of anilines is 1. The molecular formula is C26H29FN4O. The molecule has 0 unspecified atom stereocenters. The van der Waals surface area contributed by atoms with Crippen LogP contribution >= 0.6 is 0 Å². The molecule has 0 bridgehead atoms. The number of nitrogens with one attached hydrogen (secondary N) is 1. The topological polar surface area (TPSA) is 58.1 Å². The summed E-state index contributed by atoms with van der Waals surface area (Å²) in [7, 11) is 0. The lowest BCUT2D eigenvalue weighted by Gasteiger charge is -2.29. The second kappa shape index (κ2) is 9.90. The molecule has 2 aromatic carbocycles. The first-order valence-corrected chi connectivity index (χ1v) is 11.2. The minimum absolute atomic E-state index is 0.188. The van der Waals surface area contributed by atoms with E-state index in [2.05, 4.69) is 53.3 Å². The van der Waals surface area contributed by atoms with Crippen LogP contribution in [-0.2, 0) is 19.4 Å². The summed E-state index contributed by atoms with van der Waals surface area (Å²) in [5, 5.41) is 2.97. The van der Waals surface area contributed by atoms with Gasteiger partial charge in [0.25, 0.3) is 5.91 Å². The molecule has 1 amide bonds. The Morgan fingerprint density at radius 1 is 1.09 bits per heavy atom. The fourth-order valence-electron chi connectivity index (χ4n) is 3.91. The minimum Gasteiger partial charge on any atom is -0.351 e. The molecular weight excluding hydrogens is 403 g/mol. The van der Waals surface area contributed by atoms with E-state index in [-0.39, 0.29) is 17.6 Å². The largest absolute Gasteiger partial charge is 0.351 e. The number of amides is 1. The van der Waals surface area contributed by atoms with Crippen LogP contribution in [0.5, 0.6) is 0 Å². The smallest absolute Gasteiger partial charge is 0.270 e. The van der Waals surface area contributed by atoms with E-state index in [0.717, 1.165) is 43.6 Å². The van der Waals surface area contributed by atoms with Crippen molar-refractivity contribution in [3.05, 3.63) is 88.5 Å². The molecule has 0 atom stereocenters. The van der Waals surface area contributed by atoms with E-state index in [9.17, 15) is 9.18 Å². The van der Waals surface area contributed by atoms with Gasteiger partial charge in [-0.2, -0.15) is 0 Å². The summed E-state index contributed by atoms with van der Waals surface area (Å²) in [5.41, 5.74) is 4.97. The Kier molecular flexibility index (Phi) is 6.78. The van der Waals surface area contributed by atoms with Gasteiger partial charge in [-0.05, 0) is 60.1 Å². The van der Waals surface area contributed by atoms with E-state index in [1.807, 2.05) is 0 Å². The lowest BCUT2D eigenvalue weighted by atomic mass is 10.0. The average Bonchev–Trinajstić information content (AvgIpc) is 2.82. The van der Waals surface area contributed by atoms with Crippen molar-refractivity contribution >= 4 is 11.9 Å². The molecule has 1 aromatic heterocycles. The van der Waals surface area contributed by atoms with Crippen LogP contribution in [0, 0.1) is 5.82 Å². The fraction of sp³-hybridized carbons (Fsp3) is 0.346. The first-order chi connectivity index (χ1) is 15.5. The summed E-state index contributed by atoms with van der Waals surface area (Å²) in [4.78, 5) is 24.4. The van der Waals surface area contributed by atoms with Gasteiger partial charge < -0.3 is 10.2 Å².